The molecule has 3 rings (SSSR count). The molecule has 1 amide bonds. The van der Waals surface area contributed by atoms with Crippen LogP contribution in [0.25, 0.3) is 11.1 Å². The molecule has 0 bridgehead atoms. The molecule has 0 spiro atoms. The van der Waals surface area contributed by atoms with Crippen LogP contribution in [0.4, 0.5) is 4.39 Å². The van der Waals surface area contributed by atoms with Crippen molar-refractivity contribution in [1.82, 2.24) is 9.88 Å². The molecule has 5 nitrogen and oxygen atoms in total. The number of primary amides is 1. The number of nitrogens with zero attached hydrogens (tertiary/aromatic N) is 2. The number of halogens is 1. The lowest BCUT2D eigenvalue weighted by molar-refractivity contribution is -0.0704. The van der Waals surface area contributed by atoms with Gasteiger partial charge in [-0.25, -0.2) is 4.39 Å². The fraction of sp³-hybridized carbons (Fsp3) is 0.368. The Balaban J connectivity index is 1.95. The van der Waals surface area contributed by atoms with Gasteiger partial charge in [-0.3, -0.25) is 14.7 Å². The SMILES string of the molecule is CC1CN(Cc2cnc(C(N)=O)cc2-c2ccc(F)cc2)CC(C)O1. The molecule has 2 N–H and O–H groups in total. The first-order valence-electron chi connectivity index (χ1n) is 8.35. The molecule has 1 aliphatic heterocycles. The van der Waals surface area contributed by atoms with Gasteiger partial charge in [0.05, 0.1) is 12.2 Å². The molecule has 0 saturated carbocycles. The smallest absolute Gasteiger partial charge is 0.267 e. The number of hydrogen-bond donors (Lipinski definition) is 1. The van der Waals surface area contributed by atoms with Crippen molar-refractivity contribution in [2.24, 2.45) is 5.73 Å². The number of hydrogen-bond acceptors (Lipinski definition) is 4. The number of morpholine rings is 1. The van der Waals surface area contributed by atoms with Crippen LogP contribution in [0.2, 0.25) is 0 Å². The van der Waals surface area contributed by atoms with Crippen LogP contribution in [0, 0.1) is 5.82 Å². The minimum absolute atomic E-state index is 0.163. The maximum absolute atomic E-state index is 13.3. The van der Waals surface area contributed by atoms with Gasteiger partial charge in [-0.2, -0.15) is 0 Å². The summed E-state index contributed by atoms with van der Waals surface area (Å²) in [6.07, 6.45) is 2.01. The zero-order valence-electron chi connectivity index (χ0n) is 14.4. The Labute approximate surface area is 146 Å². The molecule has 2 aromatic rings. The quantitative estimate of drug-likeness (QED) is 0.926. The van der Waals surface area contributed by atoms with Crippen LogP contribution in [0.1, 0.15) is 29.9 Å². The monoisotopic (exact) mass is 343 g/mol. The highest BCUT2D eigenvalue weighted by Crippen LogP contribution is 2.26. The second-order valence-electron chi connectivity index (χ2n) is 6.55. The maximum Gasteiger partial charge on any atom is 0.267 e. The highest BCUT2D eigenvalue weighted by molar-refractivity contribution is 5.92. The predicted molar refractivity (Wildman–Crippen MR) is 93.4 cm³/mol. The second-order valence-corrected chi connectivity index (χ2v) is 6.55. The van der Waals surface area contributed by atoms with Crippen LogP contribution in [0.15, 0.2) is 36.5 Å². The standard InChI is InChI=1S/C19H22FN3O2/c1-12-9-23(10-13(2)25-12)11-15-8-22-18(19(21)24)7-17(15)14-3-5-16(20)6-4-14/h3-8,12-13H,9-11H2,1-2H3,(H2,21,24). The number of pyridine rings is 1. The molecular formula is C19H22FN3O2. The van der Waals surface area contributed by atoms with E-state index in [-0.39, 0.29) is 23.7 Å². The Morgan fingerprint density at radius 2 is 1.92 bits per heavy atom. The summed E-state index contributed by atoms with van der Waals surface area (Å²) in [4.78, 5) is 18.0. The number of amides is 1. The van der Waals surface area contributed by atoms with Crippen LogP contribution in [0.3, 0.4) is 0 Å². The van der Waals surface area contributed by atoms with E-state index < -0.39 is 5.91 Å². The van der Waals surface area contributed by atoms with Crippen molar-refractivity contribution >= 4 is 5.91 Å². The van der Waals surface area contributed by atoms with Gasteiger partial charge in [-0.15, -0.1) is 0 Å². The van der Waals surface area contributed by atoms with E-state index >= 15 is 0 Å². The third-order valence-electron chi connectivity index (χ3n) is 4.28. The molecule has 1 aliphatic rings. The van der Waals surface area contributed by atoms with E-state index in [1.807, 2.05) is 0 Å². The van der Waals surface area contributed by atoms with Gasteiger partial charge < -0.3 is 10.5 Å². The number of aromatic nitrogens is 1. The molecule has 2 atom stereocenters. The molecule has 6 heteroatoms. The summed E-state index contributed by atoms with van der Waals surface area (Å²) in [6, 6.07) is 7.88. The lowest BCUT2D eigenvalue weighted by atomic mass is 9.99. The number of carbonyl (C=O) groups excluding carboxylic acids is 1. The van der Waals surface area contributed by atoms with E-state index in [0.717, 1.165) is 29.8 Å². The minimum atomic E-state index is -0.580. The Kier molecular flexibility index (Phi) is 5.11. The summed E-state index contributed by atoms with van der Waals surface area (Å²) >= 11 is 0. The fourth-order valence-corrected chi connectivity index (χ4v) is 3.30. The Hall–Kier alpha value is -2.31. The summed E-state index contributed by atoms with van der Waals surface area (Å²) in [5, 5.41) is 0. The van der Waals surface area contributed by atoms with Gasteiger partial charge in [0.25, 0.3) is 5.91 Å². The summed E-state index contributed by atoms with van der Waals surface area (Å²) in [5.41, 5.74) is 8.21. The molecule has 1 aromatic carbocycles. The van der Waals surface area contributed by atoms with Crippen LogP contribution < -0.4 is 5.73 Å². The Morgan fingerprint density at radius 1 is 1.28 bits per heavy atom. The van der Waals surface area contributed by atoms with Crippen molar-refractivity contribution < 1.29 is 13.9 Å². The Bertz CT molecular complexity index is 754. The van der Waals surface area contributed by atoms with Crippen molar-refractivity contribution in [3.05, 3.63) is 53.6 Å². The molecule has 2 unspecified atom stereocenters. The maximum atomic E-state index is 13.3. The lowest BCUT2D eigenvalue weighted by Crippen LogP contribution is -2.44. The molecule has 1 fully saturated rings. The summed E-state index contributed by atoms with van der Waals surface area (Å²) in [6.45, 7) is 6.43. The topological polar surface area (TPSA) is 68.5 Å². The average Bonchev–Trinajstić information content (AvgIpc) is 2.55. The van der Waals surface area contributed by atoms with Crippen molar-refractivity contribution in [3.63, 3.8) is 0 Å². The van der Waals surface area contributed by atoms with Gasteiger partial charge in [0.1, 0.15) is 11.5 Å². The van der Waals surface area contributed by atoms with Crippen LogP contribution in [-0.2, 0) is 11.3 Å². The molecular weight excluding hydrogens is 321 g/mol. The Morgan fingerprint density at radius 3 is 2.52 bits per heavy atom. The first kappa shape index (κ1) is 17.5. The van der Waals surface area contributed by atoms with Gasteiger partial charge in [-0.1, -0.05) is 12.1 Å². The predicted octanol–water partition coefficient (Wildman–Crippen LogP) is 2.60. The van der Waals surface area contributed by atoms with Crippen LogP contribution >= 0.6 is 0 Å². The van der Waals surface area contributed by atoms with Crippen molar-refractivity contribution in [2.75, 3.05) is 13.1 Å². The zero-order valence-corrected chi connectivity index (χ0v) is 14.4. The minimum Gasteiger partial charge on any atom is -0.373 e. The van der Waals surface area contributed by atoms with E-state index in [2.05, 4.69) is 23.7 Å². The van der Waals surface area contributed by atoms with E-state index in [4.69, 9.17) is 10.5 Å². The summed E-state index contributed by atoms with van der Waals surface area (Å²) in [5.74, 6) is -0.881. The van der Waals surface area contributed by atoms with E-state index in [0.29, 0.717) is 6.54 Å². The number of carbonyl (C=O) groups is 1. The van der Waals surface area contributed by atoms with Gasteiger partial charge in [0.15, 0.2) is 0 Å². The van der Waals surface area contributed by atoms with Crippen molar-refractivity contribution in [1.29, 1.82) is 0 Å². The van der Waals surface area contributed by atoms with Gasteiger partial charge in [0.2, 0.25) is 0 Å². The molecule has 0 radical (unpaired) electrons. The molecule has 2 heterocycles. The second kappa shape index (κ2) is 7.29. The average molecular weight is 343 g/mol. The van der Waals surface area contributed by atoms with Crippen molar-refractivity contribution in [3.8, 4) is 11.1 Å². The van der Waals surface area contributed by atoms with Crippen molar-refractivity contribution in [2.45, 2.75) is 32.6 Å². The van der Waals surface area contributed by atoms with Crippen LogP contribution in [0.5, 0.6) is 0 Å². The zero-order chi connectivity index (χ0) is 18.0. The molecule has 1 saturated heterocycles. The largest absolute Gasteiger partial charge is 0.373 e. The van der Waals surface area contributed by atoms with E-state index in [1.54, 1.807) is 24.4 Å². The molecule has 132 valence electrons. The van der Waals surface area contributed by atoms with Gasteiger partial charge in [0, 0.05) is 25.8 Å². The van der Waals surface area contributed by atoms with E-state index in [1.165, 1.54) is 12.1 Å². The van der Waals surface area contributed by atoms with E-state index in [9.17, 15) is 9.18 Å². The summed E-state index contributed by atoms with van der Waals surface area (Å²) < 4.78 is 19.0. The summed E-state index contributed by atoms with van der Waals surface area (Å²) in [7, 11) is 0. The number of nitrogens with two attached hydrogens (primary N) is 1. The first-order valence-corrected chi connectivity index (χ1v) is 8.35. The molecule has 0 aliphatic carbocycles. The third-order valence-corrected chi connectivity index (χ3v) is 4.28. The molecule has 1 aromatic heterocycles. The molecule has 25 heavy (non-hydrogen) atoms. The lowest BCUT2D eigenvalue weighted by Gasteiger charge is -2.35. The highest BCUT2D eigenvalue weighted by Gasteiger charge is 2.23. The number of ether oxygens (including phenoxy) is 1. The van der Waals surface area contributed by atoms with Gasteiger partial charge in [-0.05, 0) is 48.7 Å². The number of rotatable bonds is 4. The first-order chi connectivity index (χ1) is 11.9. The highest BCUT2D eigenvalue weighted by atomic mass is 19.1. The van der Waals surface area contributed by atoms with Crippen LogP contribution in [-0.4, -0.2) is 41.1 Å². The number of benzene rings is 1. The third kappa shape index (κ3) is 4.21. The normalized spacial score (nSPS) is 21.2. The fourth-order valence-electron chi connectivity index (χ4n) is 3.30. The van der Waals surface area contributed by atoms with Gasteiger partial charge >= 0.3 is 0 Å².